The first-order valence-corrected chi connectivity index (χ1v) is 9.53. The molecule has 2 aliphatic rings. The van der Waals surface area contributed by atoms with Crippen LogP contribution in [0.25, 0.3) is 0 Å². The van der Waals surface area contributed by atoms with E-state index in [2.05, 4.69) is 5.32 Å². The lowest BCUT2D eigenvalue weighted by atomic mass is 9.69. The third-order valence-corrected chi connectivity index (χ3v) is 6.40. The van der Waals surface area contributed by atoms with Gasteiger partial charge < -0.3 is 20.1 Å². The first kappa shape index (κ1) is 20.2. The molecule has 0 spiro atoms. The Bertz CT molecular complexity index is 1140. The second-order valence-electron chi connectivity index (χ2n) is 8.16. The Hall–Kier alpha value is -3.07. The molecule has 9 heteroatoms. The van der Waals surface area contributed by atoms with Crippen LogP contribution in [0.5, 0.6) is 5.75 Å². The molecular formula is C21H20F2N2O5. The van der Waals surface area contributed by atoms with Gasteiger partial charge >= 0.3 is 0 Å². The summed E-state index contributed by atoms with van der Waals surface area (Å²) in [7, 11) is 0. The minimum atomic E-state index is -1.34. The summed E-state index contributed by atoms with van der Waals surface area (Å²) in [4.78, 5) is 38.1. The number of aromatic hydroxyl groups is 1. The summed E-state index contributed by atoms with van der Waals surface area (Å²) in [5, 5.41) is 23.8. The molecule has 1 aromatic carbocycles. The summed E-state index contributed by atoms with van der Waals surface area (Å²) in [6.07, 6.45) is 2.56. The maximum atomic E-state index is 13.8. The van der Waals surface area contributed by atoms with Crippen LogP contribution >= 0.6 is 0 Å². The van der Waals surface area contributed by atoms with Crippen molar-refractivity contribution < 1.29 is 28.6 Å². The van der Waals surface area contributed by atoms with Crippen molar-refractivity contribution in [2.45, 2.75) is 44.9 Å². The fraction of sp³-hybridized carbons (Fsp3) is 0.381. The number of nitrogens with one attached hydrogen (secondary N) is 1. The molecule has 1 saturated carbocycles. The second-order valence-corrected chi connectivity index (χ2v) is 8.16. The van der Waals surface area contributed by atoms with Gasteiger partial charge in [0, 0.05) is 24.4 Å². The minimum Gasteiger partial charge on any atom is -0.503 e. The Balaban J connectivity index is 1.67. The van der Waals surface area contributed by atoms with E-state index in [0.29, 0.717) is 25.3 Å². The number of carbonyl (C=O) groups excluding carboxylic acids is 2. The molecule has 0 radical (unpaired) electrons. The van der Waals surface area contributed by atoms with E-state index in [-0.39, 0.29) is 24.3 Å². The van der Waals surface area contributed by atoms with Crippen LogP contribution in [-0.4, -0.2) is 32.1 Å². The summed E-state index contributed by atoms with van der Waals surface area (Å²) in [6, 6.07) is 2.87. The Kier molecular flexibility index (Phi) is 4.54. The number of hydrogen-bond acceptors (Lipinski definition) is 5. The molecule has 0 bridgehead atoms. The Morgan fingerprint density at radius 1 is 1.27 bits per heavy atom. The van der Waals surface area contributed by atoms with Crippen molar-refractivity contribution >= 4 is 11.7 Å². The fourth-order valence-corrected chi connectivity index (χ4v) is 4.47. The lowest BCUT2D eigenvalue weighted by molar-refractivity contribution is -0.0581. The number of aromatic nitrogens is 1. The molecule has 1 amide bonds. The van der Waals surface area contributed by atoms with Crippen molar-refractivity contribution in [1.82, 2.24) is 9.88 Å². The molecule has 30 heavy (non-hydrogen) atoms. The molecule has 158 valence electrons. The summed E-state index contributed by atoms with van der Waals surface area (Å²) < 4.78 is 28.0. The Morgan fingerprint density at radius 2 is 2.00 bits per heavy atom. The monoisotopic (exact) mass is 418 g/mol. The number of pyridine rings is 1. The number of amides is 1. The average molecular weight is 418 g/mol. The van der Waals surface area contributed by atoms with Gasteiger partial charge in [-0.2, -0.15) is 0 Å². The van der Waals surface area contributed by atoms with Crippen LogP contribution in [0, 0.1) is 17.0 Å². The van der Waals surface area contributed by atoms with Crippen LogP contribution < -0.4 is 10.7 Å². The maximum absolute atomic E-state index is 13.8. The van der Waals surface area contributed by atoms with E-state index in [1.165, 1.54) is 4.57 Å². The number of benzene rings is 1. The van der Waals surface area contributed by atoms with Gasteiger partial charge in [0.15, 0.2) is 11.5 Å². The largest absolute Gasteiger partial charge is 0.503 e. The number of carbonyl (C=O) groups is 2. The van der Waals surface area contributed by atoms with Crippen LogP contribution in [0.3, 0.4) is 0 Å². The van der Waals surface area contributed by atoms with Crippen molar-refractivity contribution in [3.05, 3.63) is 63.1 Å². The highest BCUT2D eigenvalue weighted by atomic mass is 19.1. The second kappa shape index (κ2) is 6.73. The van der Waals surface area contributed by atoms with Crippen LogP contribution in [0.1, 0.15) is 52.6 Å². The van der Waals surface area contributed by atoms with Gasteiger partial charge in [-0.3, -0.25) is 14.4 Å². The van der Waals surface area contributed by atoms with Gasteiger partial charge in [-0.15, -0.1) is 0 Å². The van der Waals surface area contributed by atoms with Crippen LogP contribution in [-0.2, 0) is 13.1 Å². The standard InChI is InChI=1S/C21H20F2N2O5/c1-20-5-2-6-21(20,30)10-25-9-13(16(26)17(27)15(25)18(20)28)19(29)24-8-11-3-4-12(22)7-14(11)23/h3-4,7,9,27,30H,2,5-6,8,10H2,1H3,(H,24,29). The molecule has 1 aliphatic carbocycles. The van der Waals surface area contributed by atoms with E-state index >= 15 is 0 Å². The third-order valence-electron chi connectivity index (χ3n) is 6.40. The van der Waals surface area contributed by atoms with Crippen molar-refractivity contribution in [2.75, 3.05) is 0 Å². The number of hydrogen-bond donors (Lipinski definition) is 3. The third kappa shape index (κ3) is 2.84. The highest BCUT2D eigenvalue weighted by Gasteiger charge is 2.59. The van der Waals surface area contributed by atoms with Crippen molar-refractivity contribution in [1.29, 1.82) is 0 Å². The molecule has 1 aliphatic heterocycles. The minimum absolute atomic E-state index is 0.0123. The average Bonchev–Trinajstić information content (AvgIpc) is 2.99. The highest BCUT2D eigenvalue weighted by Crippen LogP contribution is 2.52. The zero-order valence-corrected chi connectivity index (χ0v) is 16.2. The predicted octanol–water partition coefficient (Wildman–Crippen LogP) is 1.88. The van der Waals surface area contributed by atoms with Gasteiger partial charge in [0.25, 0.3) is 5.91 Å². The van der Waals surface area contributed by atoms with Gasteiger partial charge in [0.05, 0.1) is 17.6 Å². The molecule has 1 aromatic heterocycles. The summed E-state index contributed by atoms with van der Waals surface area (Å²) in [6.45, 7) is 1.26. The van der Waals surface area contributed by atoms with Crippen molar-refractivity contribution in [2.24, 2.45) is 5.41 Å². The molecule has 7 nitrogen and oxygen atoms in total. The zero-order valence-electron chi connectivity index (χ0n) is 16.2. The van der Waals surface area contributed by atoms with Crippen LogP contribution in [0.2, 0.25) is 0 Å². The topological polar surface area (TPSA) is 109 Å². The number of Topliss-reactive ketones (excluding diaryl/α,β-unsaturated/α-hetero) is 1. The number of fused-ring (bicyclic) bond motifs is 2. The highest BCUT2D eigenvalue weighted by molar-refractivity contribution is 6.04. The quantitative estimate of drug-likeness (QED) is 0.705. The van der Waals surface area contributed by atoms with Gasteiger partial charge in [-0.25, -0.2) is 8.78 Å². The molecule has 3 N–H and O–H groups in total. The molecule has 2 heterocycles. The SMILES string of the molecule is CC12CCCC1(O)Cn1cc(C(=O)NCc3ccc(F)cc3F)c(=O)c(O)c1C2=O. The van der Waals surface area contributed by atoms with Gasteiger partial charge in [-0.05, 0) is 32.3 Å². The maximum Gasteiger partial charge on any atom is 0.257 e. The van der Waals surface area contributed by atoms with Crippen LogP contribution in [0.15, 0.2) is 29.2 Å². The number of ketones is 1. The normalized spacial score (nSPS) is 25.0. The molecule has 1 fully saturated rings. The van der Waals surface area contributed by atoms with Gasteiger partial charge in [-0.1, -0.05) is 6.07 Å². The lowest BCUT2D eigenvalue weighted by Gasteiger charge is -2.43. The zero-order chi connectivity index (χ0) is 21.8. The fourth-order valence-electron chi connectivity index (χ4n) is 4.47. The van der Waals surface area contributed by atoms with Crippen molar-refractivity contribution in [3.8, 4) is 5.75 Å². The lowest BCUT2D eigenvalue weighted by Crippen LogP contribution is -2.55. The predicted molar refractivity (Wildman–Crippen MR) is 101 cm³/mol. The smallest absolute Gasteiger partial charge is 0.257 e. The van der Waals surface area contributed by atoms with E-state index in [9.17, 15) is 33.4 Å². The van der Waals surface area contributed by atoms with E-state index in [4.69, 9.17) is 0 Å². The number of aliphatic hydroxyl groups is 1. The van der Waals surface area contributed by atoms with Gasteiger partial charge in [0.2, 0.25) is 5.43 Å². The number of rotatable bonds is 3. The summed E-state index contributed by atoms with van der Waals surface area (Å²) in [5.41, 5.74) is -4.14. The van der Waals surface area contributed by atoms with E-state index in [1.54, 1.807) is 6.92 Å². The molecule has 4 rings (SSSR count). The van der Waals surface area contributed by atoms with Crippen molar-refractivity contribution in [3.63, 3.8) is 0 Å². The Morgan fingerprint density at radius 3 is 2.70 bits per heavy atom. The first-order chi connectivity index (χ1) is 14.1. The summed E-state index contributed by atoms with van der Waals surface area (Å²) in [5.74, 6) is -3.90. The number of nitrogens with zero attached hydrogens (tertiary/aromatic N) is 1. The van der Waals surface area contributed by atoms with Gasteiger partial charge in [0.1, 0.15) is 22.9 Å². The molecule has 2 atom stereocenters. The van der Waals surface area contributed by atoms with E-state index in [0.717, 1.165) is 18.3 Å². The molecular weight excluding hydrogens is 398 g/mol. The number of halogens is 2. The van der Waals surface area contributed by atoms with E-state index in [1.807, 2.05) is 0 Å². The van der Waals surface area contributed by atoms with Crippen LogP contribution in [0.4, 0.5) is 8.78 Å². The first-order valence-electron chi connectivity index (χ1n) is 9.53. The molecule has 2 aromatic rings. The van der Waals surface area contributed by atoms with E-state index < -0.39 is 51.1 Å². The summed E-state index contributed by atoms with van der Waals surface area (Å²) >= 11 is 0. The molecule has 0 saturated heterocycles. The molecule has 2 unspecified atom stereocenters. The Labute approximate surface area is 170 Å².